The highest BCUT2D eigenvalue weighted by Gasteiger charge is 2.30. The number of nitrogens with one attached hydrogen (secondary N) is 1. The number of piperidine rings is 1. The van der Waals surface area contributed by atoms with E-state index in [4.69, 9.17) is 4.74 Å². The Morgan fingerprint density at radius 2 is 2.06 bits per heavy atom. The van der Waals surface area contributed by atoms with Crippen LogP contribution in [-0.4, -0.2) is 64.0 Å². The number of likely N-dealkylation sites (tertiary alicyclic amines) is 1. The number of carbonyl (C=O) groups excluding carboxylic acids is 1. The van der Waals surface area contributed by atoms with E-state index >= 15 is 0 Å². The molecule has 7 nitrogen and oxygen atoms in total. The maximum absolute atomic E-state index is 12.9. The standard InChI is InChI=1S/C24H33N5O2/c1-2-16-31-21-10-14-28(15-11-21)18-20-6-3-4-7-22(20)27-24(30)19-8-9-23(25-17-19)29-13-5-12-26-29/h2,5,8-9,12-13,17,20-22H,1,3-4,6-7,10-11,14-16,18H2,(H,27,30). The average Bonchev–Trinajstić information content (AvgIpc) is 3.35. The average molecular weight is 424 g/mol. The Hall–Kier alpha value is -2.51. The molecule has 2 atom stereocenters. The molecule has 166 valence electrons. The lowest BCUT2D eigenvalue weighted by Gasteiger charge is -2.38. The fourth-order valence-electron chi connectivity index (χ4n) is 4.72. The van der Waals surface area contributed by atoms with E-state index in [1.807, 2.05) is 30.5 Å². The van der Waals surface area contributed by atoms with E-state index in [2.05, 4.69) is 26.9 Å². The Balaban J connectivity index is 1.30. The van der Waals surface area contributed by atoms with Crippen molar-refractivity contribution < 1.29 is 9.53 Å². The second-order valence-corrected chi connectivity index (χ2v) is 8.60. The number of hydrogen-bond donors (Lipinski definition) is 1. The fourth-order valence-corrected chi connectivity index (χ4v) is 4.72. The van der Waals surface area contributed by atoms with Gasteiger partial charge in [0, 0.05) is 44.3 Å². The van der Waals surface area contributed by atoms with Crippen LogP contribution in [0.25, 0.3) is 5.82 Å². The maximum atomic E-state index is 12.9. The Morgan fingerprint density at radius 1 is 1.23 bits per heavy atom. The largest absolute Gasteiger partial charge is 0.374 e. The molecule has 1 saturated carbocycles. The highest BCUT2D eigenvalue weighted by molar-refractivity contribution is 5.94. The summed E-state index contributed by atoms with van der Waals surface area (Å²) in [5.74, 6) is 1.17. The predicted octanol–water partition coefficient (Wildman–Crippen LogP) is 3.22. The summed E-state index contributed by atoms with van der Waals surface area (Å²) < 4.78 is 7.50. The van der Waals surface area contributed by atoms with Crippen LogP contribution in [-0.2, 0) is 4.74 Å². The minimum absolute atomic E-state index is 0.0343. The summed E-state index contributed by atoms with van der Waals surface area (Å²) in [7, 11) is 0. The summed E-state index contributed by atoms with van der Waals surface area (Å²) in [5.41, 5.74) is 0.598. The molecular weight excluding hydrogens is 390 g/mol. The zero-order valence-corrected chi connectivity index (χ0v) is 18.2. The van der Waals surface area contributed by atoms with E-state index < -0.39 is 0 Å². The van der Waals surface area contributed by atoms with Crippen molar-refractivity contribution >= 4 is 5.91 Å². The molecular formula is C24H33N5O2. The maximum Gasteiger partial charge on any atom is 0.253 e. The van der Waals surface area contributed by atoms with Gasteiger partial charge < -0.3 is 15.0 Å². The van der Waals surface area contributed by atoms with Crippen LogP contribution in [0.2, 0.25) is 0 Å². The number of aromatic nitrogens is 3. The summed E-state index contributed by atoms with van der Waals surface area (Å²) in [4.78, 5) is 19.8. The van der Waals surface area contributed by atoms with Crippen molar-refractivity contribution in [2.75, 3.05) is 26.2 Å². The van der Waals surface area contributed by atoms with Crippen LogP contribution in [0.5, 0.6) is 0 Å². The third kappa shape index (κ3) is 5.80. The Morgan fingerprint density at radius 3 is 2.77 bits per heavy atom. The topological polar surface area (TPSA) is 72.3 Å². The quantitative estimate of drug-likeness (QED) is 0.660. The van der Waals surface area contributed by atoms with Crippen LogP contribution in [0.4, 0.5) is 0 Å². The van der Waals surface area contributed by atoms with E-state index in [0.29, 0.717) is 30.0 Å². The summed E-state index contributed by atoms with van der Waals surface area (Å²) >= 11 is 0. The SMILES string of the molecule is C=CCOC1CCN(CC2CCCCC2NC(=O)c2ccc(-n3cccn3)nc2)CC1. The fraction of sp³-hybridized carbons (Fsp3) is 0.542. The number of pyridine rings is 1. The third-order valence-corrected chi connectivity index (χ3v) is 6.45. The van der Waals surface area contributed by atoms with Gasteiger partial charge >= 0.3 is 0 Å². The molecule has 0 spiro atoms. The highest BCUT2D eigenvalue weighted by Crippen LogP contribution is 2.27. The van der Waals surface area contributed by atoms with Gasteiger partial charge in [-0.1, -0.05) is 18.9 Å². The molecule has 0 radical (unpaired) electrons. The molecule has 1 amide bonds. The van der Waals surface area contributed by atoms with Gasteiger partial charge in [-0.3, -0.25) is 4.79 Å². The molecule has 1 aliphatic carbocycles. The van der Waals surface area contributed by atoms with Crippen LogP contribution < -0.4 is 5.32 Å². The first-order chi connectivity index (χ1) is 15.2. The van der Waals surface area contributed by atoms with E-state index in [-0.39, 0.29) is 11.9 Å². The summed E-state index contributed by atoms with van der Waals surface area (Å²) in [6, 6.07) is 5.73. The van der Waals surface area contributed by atoms with Crippen LogP contribution >= 0.6 is 0 Å². The first-order valence-electron chi connectivity index (χ1n) is 11.4. The van der Waals surface area contributed by atoms with Gasteiger partial charge in [-0.2, -0.15) is 5.10 Å². The van der Waals surface area contributed by atoms with Gasteiger partial charge in [-0.15, -0.1) is 6.58 Å². The second-order valence-electron chi connectivity index (χ2n) is 8.60. The number of carbonyl (C=O) groups is 1. The Labute approximate surface area is 184 Å². The van der Waals surface area contributed by atoms with Crippen LogP contribution in [0.3, 0.4) is 0 Å². The van der Waals surface area contributed by atoms with Crippen molar-refractivity contribution in [1.82, 2.24) is 25.0 Å². The lowest BCUT2D eigenvalue weighted by molar-refractivity contribution is 0.0154. The zero-order chi connectivity index (χ0) is 21.5. The highest BCUT2D eigenvalue weighted by atomic mass is 16.5. The molecule has 1 aliphatic heterocycles. The first-order valence-corrected chi connectivity index (χ1v) is 11.4. The Kier molecular flexibility index (Phi) is 7.48. The first kappa shape index (κ1) is 21.7. The second kappa shape index (κ2) is 10.7. The minimum Gasteiger partial charge on any atom is -0.374 e. The predicted molar refractivity (Wildman–Crippen MR) is 120 cm³/mol. The van der Waals surface area contributed by atoms with E-state index in [9.17, 15) is 4.79 Å². The van der Waals surface area contributed by atoms with Crippen LogP contribution in [0, 0.1) is 5.92 Å². The smallest absolute Gasteiger partial charge is 0.253 e. The molecule has 1 saturated heterocycles. The van der Waals surface area contributed by atoms with Gasteiger partial charge in [-0.25, -0.2) is 9.67 Å². The molecule has 2 aromatic rings. The van der Waals surface area contributed by atoms with Crippen molar-refractivity contribution in [2.45, 2.75) is 50.7 Å². The molecule has 31 heavy (non-hydrogen) atoms. The van der Waals surface area contributed by atoms with Crippen molar-refractivity contribution in [3.05, 3.63) is 55.0 Å². The van der Waals surface area contributed by atoms with Crippen LogP contribution in [0.1, 0.15) is 48.9 Å². The third-order valence-electron chi connectivity index (χ3n) is 6.45. The van der Waals surface area contributed by atoms with Gasteiger partial charge in [0.2, 0.25) is 0 Å². The zero-order valence-electron chi connectivity index (χ0n) is 18.2. The number of amides is 1. The molecule has 7 heteroatoms. The van der Waals surface area contributed by atoms with Crippen molar-refractivity contribution in [2.24, 2.45) is 5.92 Å². The molecule has 1 N–H and O–H groups in total. The van der Waals surface area contributed by atoms with Gasteiger partial charge in [-0.05, 0) is 49.8 Å². The molecule has 2 aliphatic rings. The van der Waals surface area contributed by atoms with Crippen molar-refractivity contribution in [3.8, 4) is 5.82 Å². The van der Waals surface area contributed by atoms with Crippen LogP contribution in [0.15, 0.2) is 49.4 Å². The van der Waals surface area contributed by atoms with Gasteiger partial charge in [0.15, 0.2) is 5.82 Å². The van der Waals surface area contributed by atoms with Crippen molar-refractivity contribution in [3.63, 3.8) is 0 Å². The summed E-state index contributed by atoms with van der Waals surface area (Å²) in [6.07, 6.45) is 14.2. The lowest BCUT2D eigenvalue weighted by atomic mass is 9.83. The molecule has 3 heterocycles. The van der Waals surface area contributed by atoms with Gasteiger partial charge in [0.05, 0.1) is 18.3 Å². The summed E-state index contributed by atoms with van der Waals surface area (Å²) in [5, 5.41) is 7.48. The minimum atomic E-state index is -0.0343. The normalized spacial score (nSPS) is 22.8. The van der Waals surface area contributed by atoms with Gasteiger partial charge in [0.25, 0.3) is 5.91 Å². The number of ether oxygens (including phenoxy) is 1. The molecule has 2 aromatic heterocycles. The lowest BCUT2D eigenvalue weighted by Crippen LogP contribution is -2.48. The number of nitrogens with zero attached hydrogens (tertiary/aromatic N) is 4. The van der Waals surface area contributed by atoms with Gasteiger partial charge in [0.1, 0.15) is 0 Å². The number of rotatable bonds is 8. The molecule has 4 rings (SSSR count). The molecule has 2 fully saturated rings. The molecule has 0 bridgehead atoms. The van der Waals surface area contributed by atoms with E-state index in [0.717, 1.165) is 38.9 Å². The Bertz CT molecular complexity index is 828. The van der Waals surface area contributed by atoms with Crippen molar-refractivity contribution in [1.29, 1.82) is 0 Å². The molecule has 0 aromatic carbocycles. The molecule has 2 unspecified atom stereocenters. The monoisotopic (exact) mass is 423 g/mol. The summed E-state index contributed by atoms with van der Waals surface area (Å²) in [6.45, 7) is 7.55. The van der Waals surface area contributed by atoms with E-state index in [1.54, 1.807) is 17.1 Å². The van der Waals surface area contributed by atoms with E-state index in [1.165, 1.54) is 19.3 Å². The number of hydrogen-bond acceptors (Lipinski definition) is 5.